The van der Waals surface area contributed by atoms with Crippen LogP contribution in [0.1, 0.15) is 58.0 Å². The molecule has 2 rings (SSSR count). The zero-order chi connectivity index (χ0) is 14.8. The Kier molecular flexibility index (Phi) is 5.03. The van der Waals surface area contributed by atoms with Gasteiger partial charge in [-0.25, -0.2) is 9.97 Å². The van der Waals surface area contributed by atoms with Crippen molar-refractivity contribution >= 4 is 11.6 Å². The van der Waals surface area contributed by atoms with Crippen molar-refractivity contribution in [2.45, 2.75) is 58.5 Å². The van der Waals surface area contributed by atoms with Crippen molar-refractivity contribution in [2.24, 2.45) is 11.8 Å². The van der Waals surface area contributed by atoms with E-state index in [-0.39, 0.29) is 5.60 Å². The second-order valence-electron chi connectivity index (χ2n) is 6.50. The molecule has 1 saturated carbocycles. The molecule has 20 heavy (non-hydrogen) atoms. The van der Waals surface area contributed by atoms with Gasteiger partial charge in [0.15, 0.2) is 5.82 Å². The van der Waals surface area contributed by atoms with E-state index in [2.05, 4.69) is 25.8 Å². The van der Waals surface area contributed by atoms with Gasteiger partial charge in [0.05, 0.1) is 0 Å². The molecule has 0 aromatic carbocycles. The first-order valence-electron chi connectivity index (χ1n) is 7.54. The van der Waals surface area contributed by atoms with Crippen LogP contribution < -0.4 is 0 Å². The van der Waals surface area contributed by atoms with E-state index < -0.39 is 0 Å². The van der Waals surface area contributed by atoms with Crippen LogP contribution in [0.25, 0.3) is 0 Å². The van der Waals surface area contributed by atoms with Crippen LogP contribution in [0.15, 0.2) is 6.07 Å². The van der Waals surface area contributed by atoms with Gasteiger partial charge in [-0.15, -0.1) is 0 Å². The summed E-state index contributed by atoms with van der Waals surface area (Å²) < 4.78 is 5.87. The van der Waals surface area contributed by atoms with Crippen LogP contribution in [0, 0.1) is 11.8 Å². The first-order chi connectivity index (χ1) is 9.45. The molecule has 1 aromatic rings. The average molecular weight is 297 g/mol. The van der Waals surface area contributed by atoms with E-state index in [9.17, 15) is 0 Å². The van der Waals surface area contributed by atoms with E-state index in [1.165, 1.54) is 6.42 Å². The van der Waals surface area contributed by atoms with Crippen molar-refractivity contribution in [3.63, 3.8) is 0 Å². The number of hydrogen-bond acceptors (Lipinski definition) is 3. The van der Waals surface area contributed by atoms with Crippen molar-refractivity contribution in [2.75, 3.05) is 7.11 Å². The Morgan fingerprint density at radius 2 is 2.20 bits per heavy atom. The van der Waals surface area contributed by atoms with Gasteiger partial charge in [0, 0.05) is 12.8 Å². The minimum atomic E-state index is -0.353. The molecule has 4 heteroatoms. The van der Waals surface area contributed by atoms with E-state index in [0.29, 0.717) is 17.0 Å². The van der Waals surface area contributed by atoms with Gasteiger partial charge in [0.2, 0.25) is 0 Å². The summed E-state index contributed by atoms with van der Waals surface area (Å²) in [5.74, 6) is 1.96. The Morgan fingerprint density at radius 3 is 2.80 bits per heavy atom. The Morgan fingerprint density at radius 1 is 1.45 bits per heavy atom. The van der Waals surface area contributed by atoms with Crippen LogP contribution in [0.5, 0.6) is 0 Å². The fourth-order valence-corrected chi connectivity index (χ4v) is 3.38. The van der Waals surface area contributed by atoms with Crippen LogP contribution in [-0.4, -0.2) is 17.1 Å². The number of halogens is 1. The molecule has 0 radical (unpaired) electrons. The van der Waals surface area contributed by atoms with E-state index in [4.69, 9.17) is 21.3 Å². The molecule has 0 spiro atoms. The Labute approximate surface area is 127 Å². The lowest BCUT2D eigenvalue weighted by atomic mass is 9.78. The van der Waals surface area contributed by atoms with Crippen molar-refractivity contribution in [3.05, 3.63) is 22.7 Å². The van der Waals surface area contributed by atoms with Gasteiger partial charge in [0.1, 0.15) is 10.8 Å². The van der Waals surface area contributed by atoms with E-state index in [1.807, 2.05) is 6.07 Å². The van der Waals surface area contributed by atoms with Crippen molar-refractivity contribution in [1.29, 1.82) is 0 Å². The predicted octanol–water partition coefficient (Wildman–Crippen LogP) is 4.38. The van der Waals surface area contributed by atoms with Crippen LogP contribution in [0.4, 0.5) is 0 Å². The summed E-state index contributed by atoms with van der Waals surface area (Å²) in [5, 5.41) is 0.528. The molecule has 0 aliphatic heterocycles. The maximum absolute atomic E-state index is 6.20. The molecule has 1 fully saturated rings. The van der Waals surface area contributed by atoms with E-state index in [1.54, 1.807) is 7.11 Å². The molecule has 1 heterocycles. The van der Waals surface area contributed by atoms with Gasteiger partial charge < -0.3 is 4.74 Å². The monoisotopic (exact) mass is 296 g/mol. The zero-order valence-electron chi connectivity index (χ0n) is 12.9. The normalized spacial score (nSPS) is 27.0. The minimum absolute atomic E-state index is 0.353. The molecular weight excluding hydrogens is 272 g/mol. The third-order valence-corrected chi connectivity index (χ3v) is 4.31. The smallest absolute Gasteiger partial charge is 0.162 e. The van der Waals surface area contributed by atoms with Crippen molar-refractivity contribution < 1.29 is 4.74 Å². The van der Waals surface area contributed by atoms with E-state index in [0.717, 1.165) is 37.2 Å². The van der Waals surface area contributed by atoms with Gasteiger partial charge in [-0.3, -0.25) is 0 Å². The minimum Gasteiger partial charge on any atom is -0.370 e. The average Bonchev–Trinajstić information content (AvgIpc) is 2.37. The molecule has 1 aromatic heterocycles. The first kappa shape index (κ1) is 15.7. The molecule has 3 nitrogen and oxygen atoms in total. The first-order valence-corrected chi connectivity index (χ1v) is 7.92. The summed E-state index contributed by atoms with van der Waals surface area (Å²) in [6.45, 7) is 6.64. The highest BCUT2D eigenvalue weighted by molar-refractivity contribution is 6.29. The molecule has 1 aliphatic rings. The predicted molar refractivity (Wildman–Crippen MR) is 81.9 cm³/mol. The molecule has 2 unspecified atom stereocenters. The lowest BCUT2D eigenvalue weighted by Gasteiger charge is -2.37. The SMILES string of the molecule is COC1(c2nc(Cl)cc(CC(C)C)n2)CCCC(C)C1. The maximum atomic E-state index is 6.20. The molecule has 0 bridgehead atoms. The van der Waals surface area contributed by atoms with Gasteiger partial charge in [0.25, 0.3) is 0 Å². The number of hydrogen-bond donors (Lipinski definition) is 0. The number of aromatic nitrogens is 2. The summed E-state index contributed by atoms with van der Waals surface area (Å²) in [5.41, 5.74) is 0.665. The second-order valence-corrected chi connectivity index (χ2v) is 6.89. The third-order valence-electron chi connectivity index (χ3n) is 4.12. The summed E-state index contributed by atoms with van der Waals surface area (Å²) >= 11 is 6.20. The van der Waals surface area contributed by atoms with Gasteiger partial charge in [-0.1, -0.05) is 38.8 Å². The summed E-state index contributed by atoms with van der Waals surface area (Å²) in [6.07, 6.45) is 5.29. The fraction of sp³-hybridized carbons (Fsp3) is 0.750. The van der Waals surface area contributed by atoms with Crippen LogP contribution in [0.3, 0.4) is 0 Å². The molecular formula is C16H25ClN2O. The zero-order valence-corrected chi connectivity index (χ0v) is 13.7. The van der Waals surface area contributed by atoms with E-state index >= 15 is 0 Å². The van der Waals surface area contributed by atoms with Crippen LogP contribution in [-0.2, 0) is 16.8 Å². The third kappa shape index (κ3) is 3.50. The van der Waals surface area contributed by atoms with Crippen molar-refractivity contribution in [1.82, 2.24) is 9.97 Å². The number of ether oxygens (including phenoxy) is 1. The van der Waals surface area contributed by atoms with Crippen LogP contribution in [0.2, 0.25) is 5.15 Å². The van der Waals surface area contributed by atoms with Gasteiger partial charge in [-0.2, -0.15) is 0 Å². The molecule has 112 valence electrons. The highest BCUT2D eigenvalue weighted by Crippen LogP contribution is 2.41. The number of nitrogens with zero attached hydrogens (tertiary/aromatic N) is 2. The van der Waals surface area contributed by atoms with Crippen LogP contribution >= 0.6 is 11.6 Å². The summed E-state index contributed by atoms with van der Waals surface area (Å²) in [7, 11) is 1.77. The number of rotatable bonds is 4. The van der Waals surface area contributed by atoms with Gasteiger partial charge >= 0.3 is 0 Å². The molecule has 0 N–H and O–H groups in total. The highest BCUT2D eigenvalue weighted by atomic mass is 35.5. The highest BCUT2D eigenvalue weighted by Gasteiger charge is 2.39. The Hall–Kier alpha value is -0.670. The second kappa shape index (κ2) is 6.40. The lowest BCUT2D eigenvalue weighted by molar-refractivity contribution is -0.0647. The van der Waals surface area contributed by atoms with Crippen molar-refractivity contribution in [3.8, 4) is 0 Å². The molecule has 2 atom stereocenters. The topological polar surface area (TPSA) is 35.0 Å². The van der Waals surface area contributed by atoms with Gasteiger partial charge in [-0.05, 0) is 43.6 Å². The quantitative estimate of drug-likeness (QED) is 0.773. The standard InChI is InChI=1S/C16H25ClN2O/c1-11(2)8-13-9-14(17)19-15(18-13)16(20-4)7-5-6-12(3)10-16/h9,11-12H,5-8,10H2,1-4H3. The Balaban J connectivity index is 2.36. The molecule has 1 aliphatic carbocycles. The molecule has 0 amide bonds. The largest absolute Gasteiger partial charge is 0.370 e. The summed E-state index contributed by atoms with van der Waals surface area (Å²) in [4.78, 5) is 9.23. The maximum Gasteiger partial charge on any atom is 0.162 e. The Bertz CT molecular complexity index is 464. The lowest BCUT2D eigenvalue weighted by Crippen LogP contribution is -2.36. The molecule has 0 saturated heterocycles. The number of methoxy groups -OCH3 is 1. The summed E-state index contributed by atoms with van der Waals surface area (Å²) in [6, 6.07) is 1.88. The fourth-order valence-electron chi connectivity index (χ4n) is 3.17.